The van der Waals surface area contributed by atoms with Crippen LogP contribution in [0.3, 0.4) is 0 Å². The van der Waals surface area contributed by atoms with Gasteiger partial charge in [-0.25, -0.2) is 4.39 Å². The highest BCUT2D eigenvalue weighted by atomic mass is 35.5. The molecule has 1 aromatic carbocycles. The van der Waals surface area contributed by atoms with E-state index >= 15 is 0 Å². The van der Waals surface area contributed by atoms with Crippen molar-refractivity contribution in [2.45, 2.75) is 32.1 Å². The molecule has 90 valence electrons. The van der Waals surface area contributed by atoms with Crippen molar-refractivity contribution in [1.82, 2.24) is 0 Å². The number of rotatable bonds is 3. The molecule has 0 fully saturated rings. The van der Waals surface area contributed by atoms with Crippen molar-refractivity contribution in [2.24, 2.45) is 0 Å². The molecular weight excluding hydrogens is 239 g/mol. The minimum Gasteiger partial charge on any atom is -0.294 e. The molecule has 0 atom stereocenters. The van der Waals surface area contributed by atoms with Gasteiger partial charge < -0.3 is 0 Å². The van der Waals surface area contributed by atoms with Gasteiger partial charge in [0.15, 0.2) is 5.78 Å². The Kier molecular flexibility index (Phi) is 3.95. The third-order valence-electron chi connectivity index (χ3n) is 3.00. The minimum absolute atomic E-state index is 0.0954. The van der Waals surface area contributed by atoms with Crippen molar-refractivity contribution in [3.63, 3.8) is 0 Å². The molecule has 0 N–H and O–H groups in total. The van der Waals surface area contributed by atoms with Gasteiger partial charge in [0.05, 0.1) is 5.02 Å². The molecule has 0 heterocycles. The lowest BCUT2D eigenvalue weighted by Gasteiger charge is -2.11. The summed E-state index contributed by atoms with van der Waals surface area (Å²) in [6, 6.07) is 4.53. The van der Waals surface area contributed by atoms with E-state index in [1.54, 1.807) is 6.07 Å². The molecular formula is C14H14ClFO. The Morgan fingerprint density at radius 3 is 2.82 bits per heavy atom. The number of carbonyl (C=O) groups excluding carboxylic acids is 1. The van der Waals surface area contributed by atoms with Crippen LogP contribution in [0.1, 0.15) is 31.2 Å². The molecule has 1 aliphatic carbocycles. The second-order valence-corrected chi connectivity index (χ2v) is 4.73. The first-order valence-electron chi connectivity index (χ1n) is 5.83. The molecule has 1 aliphatic rings. The Bertz CT molecular complexity index is 465. The summed E-state index contributed by atoms with van der Waals surface area (Å²) >= 11 is 5.59. The first-order chi connectivity index (χ1) is 8.16. The SMILES string of the molecule is O=C(Cc1ccc(Cl)c(F)c1)C1=CCCCC1. The summed E-state index contributed by atoms with van der Waals surface area (Å²) in [6.45, 7) is 0. The predicted molar refractivity (Wildman–Crippen MR) is 66.7 cm³/mol. The van der Waals surface area contributed by atoms with Gasteiger partial charge in [-0.1, -0.05) is 23.7 Å². The van der Waals surface area contributed by atoms with Crippen LogP contribution < -0.4 is 0 Å². The average Bonchev–Trinajstić information content (AvgIpc) is 2.35. The topological polar surface area (TPSA) is 17.1 Å². The summed E-state index contributed by atoms with van der Waals surface area (Å²) in [7, 11) is 0. The van der Waals surface area contributed by atoms with Crippen molar-refractivity contribution in [1.29, 1.82) is 0 Å². The van der Waals surface area contributed by atoms with Crippen molar-refractivity contribution in [2.75, 3.05) is 0 Å². The molecule has 1 nitrogen and oxygen atoms in total. The zero-order valence-electron chi connectivity index (χ0n) is 9.51. The van der Waals surface area contributed by atoms with E-state index in [0.717, 1.165) is 31.3 Å². The van der Waals surface area contributed by atoms with Gasteiger partial charge in [0.1, 0.15) is 5.82 Å². The number of carbonyl (C=O) groups is 1. The van der Waals surface area contributed by atoms with Gasteiger partial charge in [-0.2, -0.15) is 0 Å². The van der Waals surface area contributed by atoms with Crippen LogP contribution in [0.4, 0.5) is 4.39 Å². The Labute approximate surface area is 105 Å². The van der Waals surface area contributed by atoms with Gasteiger partial charge in [-0.15, -0.1) is 0 Å². The molecule has 0 spiro atoms. The fourth-order valence-electron chi connectivity index (χ4n) is 2.04. The Balaban J connectivity index is 2.07. The Morgan fingerprint density at radius 2 is 2.18 bits per heavy atom. The fourth-order valence-corrected chi connectivity index (χ4v) is 2.16. The van der Waals surface area contributed by atoms with Crippen LogP contribution in [-0.4, -0.2) is 5.78 Å². The van der Waals surface area contributed by atoms with Gasteiger partial charge in [0.25, 0.3) is 0 Å². The summed E-state index contributed by atoms with van der Waals surface area (Å²) in [5.41, 5.74) is 1.58. The molecule has 0 amide bonds. The number of benzene rings is 1. The number of hydrogen-bond donors (Lipinski definition) is 0. The van der Waals surface area contributed by atoms with Crippen LogP contribution >= 0.6 is 11.6 Å². The first kappa shape index (κ1) is 12.3. The quantitative estimate of drug-likeness (QED) is 0.792. The van der Waals surface area contributed by atoms with Gasteiger partial charge in [-0.3, -0.25) is 4.79 Å². The summed E-state index contributed by atoms with van der Waals surface area (Å²) in [6.07, 6.45) is 6.35. The molecule has 0 bridgehead atoms. The van der Waals surface area contributed by atoms with Gasteiger partial charge >= 0.3 is 0 Å². The zero-order valence-corrected chi connectivity index (χ0v) is 10.3. The Hall–Kier alpha value is -1.15. The summed E-state index contributed by atoms with van der Waals surface area (Å²) in [5, 5.41) is 0.0954. The van der Waals surface area contributed by atoms with Crippen molar-refractivity contribution < 1.29 is 9.18 Å². The van der Waals surface area contributed by atoms with Gasteiger partial charge in [0, 0.05) is 6.42 Å². The smallest absolute Gasteiger partial charge is 0.162 e. The van der Waals surface area contributed by atoms with Crippen LogP contribution in [0.15, 0.2) is 29.8 Å². The standard InChI is InChI=1S/C14H14ClFO/c15-12-7-6-10(8-13(12)16)9-14(17)11-4-2-1-3-5-11/h4,6-8H,1-3,5,9H2. The highest BCUT2D eigenvalue weighted by Crippen LogP contribution is 2.21. The third kappa shape index (κ3) is 3.16. The monoisotopic (exact) mass is 252 g/mol. The largest absolute Gasteiger partial charge is 0.294 e. The molecule has 17 heavy (non-hydrogen) atoms. The minimum atomic E-state index is -0.463. The van der Waals surface area contributed by atoms with Crippen LogP contribution in [-0.2, 0) is 11.2 Å². The van der Waals surface area contributed by atoms with E-state index in [-0.39, 0.29) is 17.2 Å². The fraction of sp³-hybridized carbons (Fsp3) is 0.357. The molecule has 2 rings (SSSR count). The van der Waals surface area contributed by atoms with Crippen molar-refractivity contribution >= 4 is 17.4 Å². The molecule has 0 saturated carbocycles. The van der Waals surface area contributed by atoms with E-state index in [2.05, 4.69) is 0 Å². The summed E-state index contributed by atoms with van der Waals surface area (Å²) < 4.78 is 13.2. The number of Topliss-reactive ketones (excluding diaryl/α,β-unsaturated/α-hetero) is 1. The number of allylic oxidation sites excluding steroid dienone is 2. The maximum Gasteiger partial charge on any atom is 0.162 e. The maximum atomic E-state index is 13.2. The summed E-state index contributed by atoms with van der Waals surface area (Å²) in [4.78, 5) is 11.9. The lowest BCUT2D eigenvalue weighted by Crippen LogP contribution is -2.09. The second kappa shape index (κ2) is 5.46. The molecule has 3 heteroatoms. The molecule has 0 radical (unpaired) electrons. The predicted octanol–water partition coefficient (Wildman–Crippen LogP) is 4.09. The highest BCUT2D eigenvalue weighted by Gasteiger charge is 2.13. The maximum absolute atomic E-state index is 13.2. The zero-order chi connectivity index (χ0) is 12.3. The average molecular weight is 253 g/mol. The first-order valence-corrected chi connectivity index (χ1v) is 6.21. The van der Waals surface area contributed by atoms with Crippen molar-refractivity contribution in [3.05, 3.63) is 46.3 Å². The van der Waals surface area contributed by atoms with Crippen molar-refractivity contribution in [3.8, 4) is 0 Å². The molecule has 0 aromatic heterocycles. The lowest BCUT2D eigenvalue weighted by atomic mass is 9.93. The normalized spacial score (nSPS) is 15.5. The van der Waals surface area contributed by atoms with Gasteiger partial charge in [0.2, 0.25) is 0 Å². The van der Waals surface area contributed by atoms with E-state index in [0.29, 0.717) is 5.56 Å². The van der Waals surface area contributed by atoms with Crippen LogP contribution in [0.2, 0.25) is 5.02 Å². The molecule has 0 aliphatic heterocycles. The second-order valence-electron chi connectivity index (χ2n) is 4.32. The van der Waals surface area contributed by atoms with Gasteiger partial charge in [-0.05, 0) is 49.0 Å². The van der Waals surface area contributed by atoms with Crippen LogP contribution in [0.5, 0.6) is 0 Å². The van der Waals surface area contributed by atoms with E-state index in [1.165, 1.54) is 12.1 Å². The van der Waals surface area contributed by atoms with E-state index in [4.69, 9.17) is 11.6 Å². The van der Waals surface area contributed by atoms with E-state index < -0.39 is 5.82 Å². The number of hydrogen-bond acceptors (Lipinski definition) is 1. The molecule has 0 saturated heterocycles. The molecule has 0 unspecified atom stereocenters. The lowest BCUT2D eigenvalue weighted by molar-refractivity contribution is -0.115. The molecule has 1 aromatic rings. The number of halogens is 2. The van der Waals surface area contributed by atoms with E-state index in [9.17, 15) is 9.18 Å². The van der Waals surface area contributed by atoms with Crippen LogP contribution in [0, 0.1) is 5.82 Å². The summed E-state index contributed by atoms with van der Waals surface area (Å²) in [5.74, 6) is -0.360. The Morgan fingerprint density at radius 1 is 1.35 bits per heavy atom. The third-order valence-corrected chi connectivity index (χ3v) is 3.30. The van der Waals surface area contributed by atoms with E-state index in [1.807, 2.05) is 6.08 Å². The number of ketones is 1. The highest BCUT2D eigenvalue weighted by molar-refractivity contribution is 6.30. The van der Waals surface area contributed by atoms with Crippen LogP contribution in [0.25, 0.3) is 0 Å².